The molecule has 1 saturated heterocycles. The molecule has 2 rings (SSSR count). The molecule has 0 radical (unpaired) electrons. The van der Waals surface area contributed by atoms with Crippen molar-refractivity contribution in [1.29, 1.82) is 0 Å². The molecule has 1 fully saturated rings. The van der Waals surface area contributed by atoms with Crippen LogP contribution in [0.5, 0.6) is 0 Å². The second-order valence-corrected chi connectivity index (χ2v) is 4.84. The van der Waals surface area contributed by atoms with E-state index in [2.05, 4.69) is 0 Å². The van der Waals surface area contributed by atoms with Crippen LogP contribution in [-0.2, 0) is 4.79 Å². The number of rotatable bonds is 2. The molecule has 2 atom stereocenters. The van der Waals surface area contributed by atoms with Crippen LogP contribution in [0.2, 0.25) is 0 Å². The van der Waals surface area contributed by atoms with Crippen molar-refractivity contribution in [2.45, 2.75) is 19.4 Å². The number of likely N-dealkylation sites (tertiary alicyclic amines) is 1. The molecule has 0 spiro atoms. The highest BCUT2D eigenvalue weighted by molar-refractivity contribution is 7.08. The minimum Gasteiger partial charge on any atom is -0.480 e. The maximum absolute atomic E-state index is 12.0. The third kappa shape index (κ3) is 1.82. The summed E-state index contributed by atoms with van der Waals surface area (Å²) in [5.74, 6) is -1.05. The molecule has 1 amide bonds. The molecule has 1 N–H and O–H groups in total. The van der Waals surface area contributed by atoms with Crippen molar-refractivity contribution < 1.29 is 14.7 Å². The van der Waals surface area contributed by atoms with Crippen LogP contribution >= 0.6 is 11.3 Å². The average molecular weight is 239 g/mol. The monoisotopic (exact) mass is 239 g/mol. The van der Waals surface area contributed by atoms with Gasteiger partial charge in [0, 0.05) is 11.9 Å². The molecule has 1 aromatic rings. The fourth-order valence-corrected chi connectivity index (χ4v) is 2.73. The first-order valence-corrected chi connectivity index (χ1v) is 6.11. The summed E-state index contributed by atoms with van der Waals surface area (Å²) in [5.41, 5.74) is 0.588. The van der Waals surface area contributed by atoms with Crippen LogP contribution in [0.1, 0.15) is 23.7 Å². The molecule has 0 saturated carbocycles. The van der Waals surface area contributed by atoms with Gasteiger partial charge in [0.1, 0.15) is 6.04 Å². The Labute approximate surface area is 97.5 Å². The van der Waals surface area contributed by atoms with Gasteiger partial charge in [0.05, 0.1) is 5.56 Å². The Balaban J connectivity index is 2.21. The van der Waals surface area contributed by atoms with Crippen LogP contribution in [0.25, 0.3) is 0 Å². The van der Waals surface area contributed by atoms with Crippen molar-refractivity contribution in [1.82, 2.24) is 4.90 Å². The summed E-state index contributed by atoms with van der Waals surface area (Å²) < 4.78 is 0. The van der Waals surface area contributed by atoms with E-state index in [4.69, 9.17) is 5.11 Å². The minimum absolute atomic E-state index is 0.0279. The molecular formula is C11H13NO3S. The molecule has 5 heteroatoms. The summed E-state index contributed by atoms with van der Waals surface area (Å²) in [6.45, 7) is 2.41. The Morgan fingerprint density at radius 2 is 2.31 bits per heavy atom. The summed E-state index contributed by atoms with van der Waals surface area (Å²) >= 11 is 1.44. The normalized spacial score (nSPS) is 24.7. The largest absolute Gasteiger partial charge is 0.480 e. The summed E-state index contributed by atoms with van der Waals surface area (Å²) in [6, 6.07) is 1.06. The number of carbonyl (C=O) groups is 2. The smallest absolute Gasteiger partial charge is 0.326 e. The van der Waals surface area contributed by atoms with Gasteiger partial charge in [-0.2, -0.15) is 11.3 Å². The van der Waals surface area contributed by atoms with Crippen molar-refractivity contribution in [2.75, 3.05) is 6.54 Å². The van der Waals surface area contributed by atoms with E-state index < -0.39 is 12.0 Å². The van der Waals surface area contributed by atoms with Crippen molar-refractivity contribution in [2.24, 2.45) is 5.92 Å². The van der Waals surface area contributed by atoms with Crippen molar-refractivity contribution >= 4 is 23.2 Å². The van der Waals surface area contributed by atoms with Crippen molar-refractivity contribution in [3.63, 3.8) is 0 Å². The number of hydrogen-bond donors (Lipinski definition) is 1. The van der Waals surface area contributed by atoms with Crippen LogP contribution in [0.15, 0.2) is 16.8 Å². The SMILES string of the molecule is CC1CCN(C(=O)c2ccsc2)C1C(=O)O. The number of hydrogen-bond acceptors (Lipinski definition) is 3. The van der Waals surface area contributed by atoms with Crippen LogP contribution < -0.4 is 0 Å². The molecular weight excluding hydrogens is 226 g/mol. The van der Waals surface area contributed by atoms with Gasteiger partial charge in [-0.1, -0.05) is 6.92 Å². The lowest BCUT2D eigenvalue weighted by Crippen LogP contribution is -2.42. The van der Waals surface area contributed by atoms with Gasteiger partial charge in [0.25, 0.3) is 5.91 Å². The maximum Gasteiger partial charge on any atom is 0.326 e. The van der Waals surface area contributed by atoms with Crippen LogP contribution in [0, 0.1) is 5.92 Å². The number of aliphatic carboxylic acids is 1. The van der Waals surface area contributed by atoms with Gasteiger partial charge in [-0.3, -0.25) is 4.79 Å². The summed E-state index contributed by atoms with van der Waals surface area (Å²) in [6.07, 6.45) is 0.757. The molecule has 4 nitrogen and oxygen atoms in total. The number of carboxylic acid groups (broad SMARTS) is 1. The second-order valence-electron chi connectivity index (χ2n) is 4.06. The summed E-state index contributed by atoms with van der Waals surface area (Å²) in [4.78, 5) is 24.6. The lowest BCUT2D eigenvalue weighted by molar-refractivity contribution is -0.142. The lowest BCUT2D eigenvalue weighted by atomic mass is 10.0. The van der Waals surface area contributed by atoms with Crippen LogP contribution in [0.4, 0.5) is 0 Å². The summed E-state index contributed by atoms with van der Waals surface area (Å²) in [5, 5.41) is 12.7. The summed E-state index contributed by atoms with van der Waals surface area (Å²) in [7, 11) is 0. The minimum atomic E-state index is -0.909. The van der Waals surface area contributed by atoms with Gasteiger partial charge in [-0.25, -0.2) is 4.79 Å². The molecule has 0 bridgehead atoms. The Kier molecular flexibility index (Phi) is 2.96. The molecule has 2 heterocycles. The van der Waals surface area contributed by atoms with E-state index in [1.54, 1.807) is 11.4 Å². The van der Waals surface area contributed by atoms with E-state index in [1.807, 2.05) is 12.3 Å². The van der Waals surface area contributed by atoms with Gasteiger partial charge in [0.2, 0.25) is 0 Å². The van der Waals surface area contributed by atoms with Crippen LogP contribution in [0.3, 0.4) is 0 Å². The number of thiophene rings is 1. The zero-order valence-corrected chi connectivity index (χ0v) is 9.74. The van der Waals surface area contributed by atoms with Crippen molar-refractivity contribution in [3.8, 4) is 0 Å². The first kappa shape index (κ1) is 11.1. The topological polar surface area (TPSA) is 57.6 Å². The van der Waals surface area contributed by atoms with Gasteiger partial charge >= 0.3 is 5.97 Å². The fraction of sp³-hybridized carbons (Fsp3) is 0.455. The van der Waals surface area contributed by atoms with Crippen molar-refractivity contribution in [3.05, 3.63) is 22.4 Å². The highest BCUT2D eigenvalue weighted by Crippen LogP contribution is 2.26. The zero-order valence-electron chi connectivity index (χ0n) is 8.92. The zero-order chi connectivity index (χ0) is 11.7. The molecule has 1 aliphatic heterocycles. The standard InChI is InChI=1S/C11H13NO3S/c1-7-2-4-12(9(7)11(14)15)10(13)8-3-5-16-6-8/h3,5-7,9H,2,4H2,1H3,(H,14,15). The highest BCUT2D eigenvalue weighted by Gasteiger charge is 2.39. The Bertz CT molecular complexity index is 401. The molecule has 0 aliphatic carbocycles. The number of amides is 1. The molecule has 0 aromatic carbocycles. The van der Waals surface area contributed by atoms with Gasteiger partial charge in [0.15, 0.2) is 0 Å². The third-order valence-electron chi connectivity index (χ3n) is 2.98. The first-order valence-electron chi connectivity index (χ1n) is 5.17. The fourth-order valence-electron chi connectivity index (χ4n) is 2.10. The van der Waals surface area contributed by atoms with E-state index >= 15 is 0 Å². The predicted molar refractivity (Wildman–Crippen MR) is 60.6 cm³/mol. The maximum atomic E-state index is 12.0. The molecule has 1 aliphatic rings. The van der Waals surface area contributed by atoms with Gasteiger partial charge < -0.3 is 10.0 Å². The Morgan fingerprint density at radius 3 is 2.88 bits per heavy atom. The molecule has 2 unspecified atom stereocenters. The van der Waals surface area contributed by atoms with E-state index in [-0.39, 0.29) is 11.8 Å². The Hall–Kier alpha value is -1.36. The number of carboxylic acids is 1. The Morgan fingerprint density at radius 1 is 1.56 bits per heavy atom. The second kappa shape index (κ2) is 4.25. The number of carbonyl (C=O) groups excluding carboxylic acids is 1. The molecule has 1 aromatic heterocycles. The van der Waals surface area contributed by atoms with Crippen LogP contribution in [-0.4, -0.2) is 34.5 Å². The molecule has 16 heavy (non-hydrogen) atoms. The highest BCUT2D eigenvalue weighted by atomic mass is 32.1. The molecule has 86 valence electrons. The average Bonchev–Trinajstić information content (AvgIpc) is 2.84. The lowest BCUT2D eigenvalue weighted by Gasteiger charge is -2.22. The quantitative estimate of drug-likeness (QED) is 0.854. The van der Waals surface area contributed by atoms with E-state index in [9.17, 15) is 9.59 Å². The van der Waals surface area contributed by atoms with Gasteiger partial charge in [-0.15, -0.1) is 0 Å². The number of nitrogens with zero attached hydrogens (tertiary/aromatic N) is 1. The first-order chi connectivity index (χ1) is 7.61. The third-order valence-corrected chi connectivity index (χ3v) is 3.67. The van der Waals surface area contributed by atoms with E-state index in [0.717, 1.165) is 6.42 Å². The van der Waals surface area contributed by atoms with E-state index in [0.29, 0.717) is 12.1 Å². The predicted octanol–water partition coefficient (Wildman–Crippen LogP) is 1.68. The van der Waals surface area contributed by atoms with E-state index in [1.165, 1.54) is 16.2 Å². The van der Waals surface area contributed by atoms with Gasteiger partial charge in [-0.05, 0) is 23.8 Å².